The molecular weight excluding hydrogens is 232 g/mol. The van der Waals surface area contributed by atoms with Crippen LogP contribution < -0.4 is 5.32 Å². The second-order valence-corrected chi connectivity index (χ2v) is 4.08. The van der Waals surface area contributed by atoms with Gasteiger partial charge < -0.3 is 15.2 Å². The number of amides is 1. The fraction of sp³-hybridized carbons (Fsp3) is 0.538. The molecule has 0 spiro atoms. The van der Waals surface area contributed by atoms with Crippen LogP contribution in [0.2, 0.25) is 0 Å². The third-order valence-electron chi connectivity index (χ3n) is 2.65. The Bertz CT molecular complexity index is 343. The van der Waals surface area contributed by atoms with E-state index in [0.29, 0.717) is 25.9 Å². The van der Waals surface area contributed by atoms with E-state index in [1.54, 1.807) is 19.5 Å². The van der Waals surface area contributed by atoms with Crippen molar-refractivity contribution < 1.29 is 14.6 Å². The van der Waals surface area contributed by atoms with E-state index < -0.39 is 0 Å². The van der Waals surface area contributed by atoms with Crippen molar-refractivity contribution in [2.75, 3.05) is 20.3 Å². The van der Waals surface area contributed by atoms with Crippen molar-refractivity contribution in [3.63, 3.8) is 0 Å². The molecule has 0 aliphatic carbocycles. The Morgan fingerprint density at radius 3 is 2.83 bits per heavy atom. The highest BCUT2D eigenvalue weighted by Gasteiger charge is 2.10. The number of rotatable bonds is 8. The molecule has 18 heavy (non-hydrogen) atoms. The number of nitrogens with one attached hydrogen (secondary N) is 1. The zero-order valence-electron chi connectivity index (χ0n) is 10.6. The Morgan fingerprint density at radius 1 is 1.50 bits per heavy atom. The molecular formula is C13H20N2O3. The number of aliphatic hydroxyl groups is 1. The van der Waals surface area contributed by atoms with Crippen molar-refractivity contribution >= 4 is 5.91 Å². The Kier molecular flexibility index (Phi) is 6.98. The predicted molar refractivity (Wildman–Crippen MR) is 68.1 cm³/mol. The van der Waals surface area contributed by atoms with Crippen LogP contribution in [-0.2, 0) is 16.0 Å². The van der Waals surface area contributed by atoms with E-state index in [1.807, 2.05) is 12.1 Å². The van der Waals surface area contributed by atoms with E-state index >= 15 is 0 Å². The van der Waals surface area contributed by atoms with Crippen LogP contribution in [0.25, 0.3) is 0 Å². The first-order valence-corrected chi connectivity index (χ1v) is 6.04. The zero-order chi connectivity index (χ0) is 13.2. The van der Waals surface area contributed by atoms with Gasteiger partial charge in [0.05, 0.1) is 12.6 Å². The summed E-state index contributed by atoms with van der Waals surface area (Å²) in [7, 11) is 1.60. The van der Waals surface area contributed by atoms with Crippen molar-refractivity contribution in [3.05, 3.63) is 30.1 Å². The van der Waals surface area contributed by atoms with E-state index in [1.165, 1.54) is 0 Å². The Morgan fingerprint density at radius 2 is 2.22 bits per heavy atom. The molecule has 0 saturated heterocycles. The minimum atomic E-state index is -0.227. The third-order valence-corrected chi connectivity index (χ3v) is 2.65. The Hall–Kier alpha value is -1.46. The summed E-state index contributed by atoms with van der Waals surface area (Å²) < 4.78 is 4.92. The summed E-state index contributed by atoms with van der Waals surface area (Å²) in [5, 5.41) is 11.9. The first-order valence-electron chi connectivity index (χ1n) is 6.04. The first kappa shape index (κ1) is 14.6. The maximum Gasteiger partial charge on any atom is 0.220 e. The lowest BCUT2D eigenvalue weighted by atomic mass is 10.1. The standard InChI is InChI=1S/C13H20N2O3/c1-18-9-6-12(10-16)15-13(17)3-2-11-4-7-14-8-5-11/h4-5,7-8,12,16H,2-3,6,9-10H2,1H3,(H,15,17). The molecule has 5 nitrogen and oxygen atoms in total. The molecule has 1 aromatic rings. The smallest absolute Gasteiger partial charge is 0.220 e. The number of carbonyl (C=O) groups excluding carboxylic acids is 1. The van der Waals surface area contributed by atoms with Gasteiger partial charge in [-0.2, -0.15) is 0 Å². The van der Waals surface area contributed by atoms with E-state index in [-0.39, 0.29) is 18.6 Å². The van der Waals surface area contributed by atoms with Crippen molar-refractivity contribution in [1.29, 1.82) is 0 Å². The van der Waals surface area contributed by atoms with E-state index in [4.69, 9.17) is 9.84 Å². The van der Waals surface area contributed by atoms with Crippen LogP contribution >= 0.6 is 0 Å². The maximum atomic E-state index is 11.7. The number of methoxy groups -OCH3 is 1. The molecule has 1 rings (SSSR count). The first-order chi connectivity index (χ1) is 8.76. The van der Waals surface area contributed by atoms with Gasteiger partial charge in [-0.3, -0.25) is 9.78 Å². The van der Waals surface area contributed by atoms with Gasteiger partial charge in [-0.15, -0.1) is 0 Å². The zero-order valence-corrected chi connectivity index (χ0v) is 10.6. The second-order valence-electron chi connectivity index (χ2n) is 4.08. The van der Waals surface area contributed by atoms with E-state index in [9.17, 15) is 4.79 Å². The van der Waals surface area contributed by atoms with Crippen LogP contribution in [0, 0.1) is 0 Å². The molecule has 1 heterocycles. The van der Waals surface area contributed by atoms with Gasteiger partial charge in [-0.25, -0.2) is 0 Å². The summed E-state index contributed by atoms with van der Waals surface area (Å²) in [6.07, 6.45) is 5.13. The molecule has 0 aromatic carbocycles. The van der Waals surface area contributed by atoms with Crippen molar-refractivity contribution in [2.24, 2.45) is 0 Å². The molecule has 0 aliphatic rings. The molecule has 0 aliphatic heterocycles. The van der Waals surface area contributed by atoms with Gasteiger partial charge in [0, 0.05) is 32.5 Å². The average Bonchev–Trinajstić information content (AvgIpc) is 2.42. The molecule has 0 saturated carbocycles. The van der Waals surface area contributed by atoms with Crippen molar-refractivity contribution in [1.82, 2.24) is 10.3 Å². The van der Waals surface area contributed by atoms with E-state index in [2.05, 4.69) is 10.3 Å². The van der Waals surface area contributed by atoms with Crippen LogP contribution in [0.15, 0.2) is 24.5 Å². The summed E-state index contributed by atoms with van der Waals surface area (Å²) in [5.41, 5.74) is 1.08. The summed E-state index contributed by atoms with van der Waals surface area (Å²) in [5.74, 6) is -0.0537. The number of aryl methyl sites for hydroxylation is 1. The fourth-order valence-corrected chi connectivity index (χ4v) is 1.58. The maximum absolute atomic E-state index is 11.7. The lowest BCUT2D eigenvalue weighted by molar-refractivity contribution is -0.122. The number of pyridine rings is 1. The van der Waals surface area contributed by atoms with Gasteiger partial charge in [-0.05, 0) is 30.5 Å². The molecule has 100 valence electrons. The number of ether oxygens (including phenoxy) is 1. The highest BCUT2D eigenvalue weighted by Crippen LogP contribution is 2.01. The summed E-state index contributed by atoms with van der Waals surface area (Å²) in [4.78, 5) is 15.6. The number of carbonyl (C=O) groups is 1. The molecule has 1 atom stereocenters. The summed E-state index contributed by atoms with van der Waals surface area (Å²) in [6.45, 7) is 0.459. The van der Waals surface area contributed by atoms with Crippen molar-refractivity contribution in [3.8, 4) is 0 Å². The summed E-state index contributed by atoms with van der Waals surface area (Å²) in [6, 6.07) is 3.55. The van der Waals surface area contributed by atoms with Gasteiger partial charge in [0.1, 0.15) is 0 Å². The molecule has 1 aromatic heterocycles. The summed E-state index contributed by atoms with van der Waals surface area (Å²) >= 11 is 0. The van der Waals surface area contributed by atoms with Crippen molar-refractivity contribution in [2.45, 2.75) is 25.3 Å². The minimum Gasteiger partial charge on any atom is -0.394 e. The normalized spacial score (nSPS) is 12.1. The average molecular weight is 252 g/mol. The Labute approximate surface area is 107 Å². The molecule has 0 radical (unpaired) electrons. The topological polar surface area (TPSA) is 71.5 Å². The minimum absolute atomic E-state index is 0.0537. The Balaban J connectivity index is 2.28. The molecule has 1 unspecified atom stereocenters. The fourth-order valence-electron chi connectivity index (χ4n) is 1.58. The number of aliphatic hydroxyl groups excluding tert-OH is 1. The van der Waals surface area contributed by atoms with Crippen LogP contribution in [0.4, 0.5) is 0 Å². The number of nitrogens with zero attached hydrogens (tertiary/aromatic N) is 1. The monoisotopic (exact) mass is 252 g/mol. The third kappa shape index (κ3) is 5.75. The molecule has 0 fully saturated rings. The molecule has 1 amide bonds. The van der Waals surface area contributed by atoms with E-state index in [0.717, 1.165) is 5.56 Å². The van der Waals surface area contributed by atoms with Crippen LogP contribution in [0.5, 0.6) is 0 Å². The van der Waals surface area contributed by atoms with Gasteiger partial charge in [0.25, 0.3) is 0 Å². The van der Waals surface area contributed by atoms with Crippen LogP contribution in [-0.4, -0.2) is 42.4 Å². The SMILES string of the molecule is COCCC(CO)NC(=O)CCc1ccncc1. The highest BCUT2D eigenvalue weighted by molar-refractivity contribution is 5.76. The quantitative estimate of drug-likeness (QED) is 0.708. The molecule has 2 N–H and O–H groups in total. The van der Waals surface area contributed by atoms with Crippen LogP contribution in [0.3, 0.4) is 0 Å². The predicted octanol–water partition coefficient (Wildman–Crippen LogP) is 0.528. The van der Waals surface area contributed by atoms with Gasteiger partial charge in [-0.1, -0.05) is 0 Å². The molecule has 5 heteroatoms. The second kappa shape index (κ2) is 8.60. The van der Waals surface area contributed by atoms with Crippen LogP contribution in [0.1, 0.15) is 18.4 Å². The lowest BCUT2D eigenvalue weighted by Crippen LogP contribution is -2.38. The van der Waals surface area contributed by atoms with Gasteiger partial charge in [0.15, 0.2) is 0 Å². The highest BCUT2D eigenvalue weighted by atomic mass is 16.5. The number of hydrogen-bond donors (Lipinski definition) is 2. The largest absolute Gasteiger partial charge is 0.394 e. The van der Waals surface area contributed by atoms with Gasteiger partial charge >= 0.3 is 0 Å². The number of hydrogen-bond acceptors (Lipinski definition) is 4. The molecule has 0 bridgehead atoms. The van der Waals surface area contributed by atoms with Gasteiger partial charge in [0.2, 0.25) is 5.91 Å². The number of aromatic nitrogens is 1. The lowest BCUT2D eigenvalue weighted by Gasteiger charge is -2.15.